The Morgan fingerprint density at radius 2 is 2.46 bits per heavy atom. The summed E-state index contributed by atoms with van der Waals surface area (Å²) >= 11 is 0. The van der Waals surface area contributed by atoms with E-state index in [0.29, 0.717) is 19.6 Å². The molecule has 0 aliphatic carbocycles. The van der Waals surface area contributed by atoms with E-state index >= 15 is 0 Å². The Morgan fingerprint density at radius 1 is 1.62 bits per heavy atom. The summed E-state index contributed by atoms with van der Waals surface area (Å²) in [5.41, 5.74) is 0. The van der Waals surface area contributed by atoms with E-state index in [1.165, 1.54) is 0 Å². The minimum Gasteiger partial charge on any atom is -0.390 e. The molecule has 0 saturated carbocycles. The first kappa shape index (κ1) is 9.15. The summed E-state index contributed by atoms with van der Waals surface area (Å²) < 4.78 is 16.1. The summed E-state index contributed by atoms with van der Waals surface area (Å²) in [7, 11) is 0. The monoisotopic (exact) mass is 186 g/mol. The first-order chi connectivity index (χ1) is 6.31. The lowest BCUT2D eigenvalue weighted by molar-refractivity contribution is -0.178. The molecule has 0 aromatic rings. The predicted octanol–water partition coefficient (Wildman–Crippen LogP) is 0.0637. The van der Waals surface area contributed by atoms with Crippen LogP contribution in [0.15, 0.2) is 12.7 Å². The Kier molecular flexibility index (Phi) is 2.64. The van der Waals surface area contributed by atoms with Crippen LogP contribution in [0.25, 0.3) is 0 Å². The van der Waals surface area contributed by atoms with Gasteiger partial charge in [0.2, 0.25) is 0 Å². The molecule has 4 nitrogen and oxygen atoms in total. The first-order valence-electron chi connectivity index (χ1n) is 4.49. The second-order valence-electron chi connectivity index (χ2n) is 3.33. The van der Waals surface area contributed by atoms with Crippen LogP contribution in [0.3, 0.4) is 0 Å². The van der Waals surface area contributed by atoms with Gasteiger partial charge in [0, 0.05) is 6.42 Å². The van der Waals surface area contributed by atoms with Crippen molar-refractivity contribution in [1.82, 2.24) is 0 Å². The van der Waals surface area contributed by atoms with Gasteiger partial charge >= 0.3 is 0 Å². The second kappa shape index (κ2) is 3.75. The Balaban J connectivity index is 1.95. The van der Waals surface area contributed by atoms with Gasteiger partial charge < -0.3 is 19.3 Å². The van der Waals surface area contributed by atoms with E-state index in [1.54, 1.807) is 6.08 Å². The molecule has 0 amide bonds. The molecule has 2 aliphatic heterocycles. The molecule has 2 rings (SSSR count). The van der Waals surface area contributed by atoms with Crippen LogP contribution in [0.5, 0.6) is 0 Å². The van der Waals surface area contributed by atoms with Crippen LogP contribution in [0.4, 0.5) is 0 Å². The summed E-state index contributed by atoms with van der Waals surface area (Å²) in [6.45, 7) is 4.51. The number of hydrogen-bond donors (Lipinski definition) is 1. The number of hydrogen-bond acceptors (Lipinski definition) is 4. The lowest BCUT2D eigenvalue weighted by Crippen LogP contribution is -2.46. The quantitative estimate of drug-likeness (QED) is 0.633. The molecule has 2 aliphatic rings. The zero-order valence-corrected chi connectivity index (χ0v) is 7.39. The van der Waals surface area contributed by atoms with E-state index in [-0.39, 0.29) is 18.5 Å². The smallest absolute Gasteiger partial charge is 0.160 e. The van der Waals surface area contributed by atoms with Gasteiger partial charge in [-0.05, 0) is 0 Å². The maximum absolute atomic E-state index is 9.66. The molecule has 4 atom stereocenters. The third kappa shape index (κ3) is 1.76. The Bertz CT molecular complexity index is 194. The van der Waals surface area contributed by atoms with E-state index < -0.39 is 6.10 Å². The van der Waals surface area contributed by atoms with Crippen molar-refractivity contribution < 1.29 is 19.3 Å². The summed E-state index contributed by atoms with van der Waals surface area (Å²) in [5, 5.41) is 9.66. The zero-order chi connectivity index (χ0) is 9.26. The van der Waals surface area contributed by atoms with Crippen molar-refractivity contribution in [3.05, 3.63) is 12.7 Å². The van der Waals surface area contributed by atoms with Gasteiger partial charge in [-0.2, -0.15) is 0 Å². The van der Waals surface area contributed by atoms with Crippen LogP contribution >= 0.6 is 0 Å². The topological polar surface area (TPSA) is 47.9 Å². The molecule has 4 unspecified atom stereocenters. The van der Waals surface area contributed by atoms with Gasteiger partial charge in [0.25, 0.3) is 0 Å². The molecule has 0 aromatic carbocycles. The molecule has 2 fully saturated rings. The predicted molar refractivity (Wildman–Crippen MR) is 45.2 cm³/mol. The standard InChI is InChI=1S/C9H14O4/c1-2-3-11-9-6(10)4-8-12-5-7(9)13-8/h2,6-10H,1,3-5H2. The highest BCUT2D eigenvalue weighted by Crippen LogP contribution is 2.29. The highest BCUT2D eigenvalue weighted by molar-refractivity contribution is 4.88. The number of rotatable bonds is 3. The first-order valence-corrected chi connectivity index (χ1v) is 4.49. The third-order valence-corrected chi connectivity index (χ3v) is 2.36. The van der Waals surface area contributed by atoms with E-state index in [1.807, 2.05) is 0 Å². The molecular weight excluding hydrogens is 172 g/mol. The number of ether oxygens (including phenoxy) is 3. The second-order valence-corrected chi connectivity index (χ2v) is 3.33. The van der Waals surface area contributed by atoms with Crippen LogP contribution < -0.4 is 0 Å². The van der Waals surface area contributed by atoms with E-state index in [4.69, 9.17) is 14.2 Å². The maximum Gasteiger partial charge on any atom is 0.160 e. The van der Waals surface area contributed by atoms with E-state index in [2.05, 4.69) is 6.58 Å². The number of fused-ring (bicyclic) bond motifs is 2. The van der Waals surface area contributed by atoms with Crippen molar-refractivity contribution in [2.45, 2.75) is 31.0 Å². The summed E-state index contributed by atoms with van der Waals surface area (Å²) in [6.07, 6.45) is 1.06. The van der Waals surface area contributed by atoms with E-state index in [0.717, 1.165) is 0 Å². The largest absolute Gasteiger partial charge is 0.390 e. The van der Waals surface area contributed by atoms with Gasteiger partial charge in [-0.1, -0.05) is 6.08 Å². The van der Waals surface area contributed by atoms with Crippen molar-refractivity contribution in [3.8, 4) is 0 Å². The van der Waals surface area contributed by atoms with Gasteiger partial charge in [0.15, 0.2) is 6.29 Å². The molecule has 2 bridgehead atoms. The average Bonchev–Trinajstić information content (AvgIpc) is 2.49. The molecule has 74 valence electrons. The molecule has 2 saturated heterocycles. The highest BCUT2D eigenvalue weighted by Gasteiger charge is 2.43. The highest BCUT2D eigenvalue weighted by atomic mass is 16.7. The molecular formula is C9H14O4. The Labute approximate surface area is 77.1 Å². The minimum absolute atomic E-state index is 0.117. The van der Waals surface area contributed by atoms with Crippen molar-refractivity contribution in [1.29, 1.82) is 0 Å². The lowest BCUT2D eigenvalue weighted by atomic mass is 10.0. The molecule has 13 heavy (non-hydrogen) atoms. The van der Waals surface area contributed by atoms with Gasteiger partial charge in [-0.15, -0.1) is 6.58 Å². The van der Waals surface area contributed by atoms with Crippen LogP contribution in [-0.2, 0) is 14.2 Å². The zero-order valence-electron chi connectivity index (χ0n) is 7.39. The van der Waals surface area contributed by atoms with Crippen molar-refractivity contribution >= 4 is 0 Å². The van der Waals surface area contributed by atoms with Crippen LogP contribution in [0.1, 0.15) is 6.42 Å². The molecule has 2 heterocycles. The van der Waals surface area contributed by atoms with Gasteiger partial charge in [0.05, 0.1) is 19.3 Å². The molecule has 0 radical (unpaired) electrons. The maximum atomic E-state index is 9.66. The molecule has 4 heteroatoms. The van der Waals surface area contributed by atoms with Gasteiger partial charge in [-0.3, -0.25) is 0 Å². The molecule has 0 aromatic heterocycles. The van der Waals surface area contributed by atoms with Crippen molar-refractivity contribution in [2.24, 2.45) is 0 Å². The van der Waals surface area contributed by atoms with Crippen molar-refractivity contribution in [3.63, 3.8) is 0 Å². The fourth-order valence-corrected chi connectivity index (χ4v) is 1.75. The van der Waals surface area contributed by atoms with Crippen LogP contribution in [0, 0.1) is 0 Å². The average molecular weight is 186 g/mol. The fourth-order valence-electron chi connectivity index (χ4n) is 1.75. The summed E-state index contributed by atoms with van der Waals surface area (Å²) in [5.74, 6) is 0. The Morgan fingerprint density at radius 3 is 3.23 bits per heavy atom. The Hall–Kier alpha value is -0.420. The molecule has 0 spiro atoms. The van der Waals surface area contributed by atoms with Crippen LogP contribution in [-0.4, -0.2) is 42.9 Å². The van der Waals surface area contributed by atoms with E-state index in [9.17, 15) is 5.11 Å². The SMILES string of the molecule is C=CCOC1C(O)CC2OCC1O2. The minimum atomic E-state index is -0.480. The number of aliphatic hydroxyl groups excluding tert-OH is 1. The third-order valence-electron chi connectivity index (χ3n) is 2.36. The van der Waals surface area contributed by atoms with Crippen molar-refractivity contribution in [2.75, 3.05) is 13.2 Å². The van der Waals surface area contributed by atoms with Crippen LogP contribution in [0.2, 0.25) is 0 Å². The number of aliphatic hydroxyl groups is 1. The molecule has 1 N–H and O–H groups in total. The summed E-state index contributed by atoms with van der Waals surface area (Å²) in [4.78, 5) is 0. The van der Waals surface area contributed by atoms with Gasteiger partial charge in [0.1, 0.15) is 12.2 Å². The fraction of sp³-hybridized carbons (Fsp3) is 0.778. The van der Waals surface area contributed by atoms with Gasteiger partial charge in [-0.25, -0.2) is 0 Å². The normalized spacial score (nSPS) is 43.5. The summed E-state index contributed by atoms with van der Waals surface area (Å²) in [6, 6.07) is 0. The lowest BCUT2D eigenvalue weighted by Gasteiger charge is -2.31.